The molecule has 4 N–H and O–H groups in total. The number of anilines is 1. The highest BCUT2D eigenvalue weighted by Crippen LogP contribution is 2.23. The summed E-state index contributed by atoms with van der Waals surface area (Å²) in [6, 6.07) is 3.50. The molecule has 0 aromatic heterocycles. The third-order valence-electron chi connectivity index (χ3n) is 1.97. The van der Waals surface area contributed by atoms with E-state index in [-0.39, 0.29) is 23.0 Å². The van der Waals surface area contributed by atoms with E-state index in [0.29, 0.717) is 0 Å². The number of primary sulfonamides is 1. The largest absolute Gasteiger partial charge is 0.390 e. The maximum atomic E-state index is 13.4. The van der Waals surface area contributed by atoms with Gasteiger partial charge in [0.15, 0.2) is 0 Å². The minimum absolute atomic E-state index is 0.0494. The van der Waals surface area contributed by atoms with Crippen molar-refractivity contribution >= 4 is 27.3 Å². The predicted octanol–water partition coefficient (Wildman–Crippen LogP) is 0.485. The second kappa shape index (κ2) is 5.63. The Hall–Kier alpha value is -0.890. The highest BCUT2D eigenvalue weighted by Gasteiger charge is 2.17. The van der Waals surface area contributed by atoms with Crippen molar-refractivity contribution in [3.8, 4) is 0 Å². The smallest absolute Gasteiger partial charge is 0.240 e. The van der Waals surface area contributed by atoms with Crippen LogP contribution in [0.25, 0.3) is 0 Å². The Kier molecular flexibility index (Phi) is 4.70. The molecular formula is C9H12ClFN2O3S. The van der Waals surface area contributed by atoms with Gasteiger partial charge < -0.3 is 10.4 Å². The van der Waals surface area contributed by atoms with Crippen LogP contribution >= 0.6 is 11.6 Å². The average Bonchev–Trinajstić information content (AvgIpc) is 2.25. The van der Waals surface area contributed by atoms with Crippen LogP contribution in [0.15, 0.2) is 23.1 Å². The van der Waals surface area contributed by atoms with Crippen molar-refractivity contribution in [2.45, 2.75) is 11.0 Å². The van der Waals surface area contributed by atoms with Gasteiger partial charge in [-0.25, -0.2) is 17.9 Å². The summed E-state index contributed by atoms with van der Waals surface area (Å²) in [5, 5.41) is 16.6. The van der Waals surface area contributed by atoms with Crippen molar-refractivity contribution in [1.82, 2.24) is 0 Å². The molecule has 5 nitrogen and oxygen atoms in total. The molecule has 96 valence electrons. The van der Waals surface area contributed by atoms with Crippen LogP contribution in [0.2, 0.25) is 0 Å². The minimum atomic E-state index is -4.03. The zero-order valence-electron chi connectivity index (χ0n) is 8.73. The number of para-hydroxylation sites is 1. The van der Waals surface area contributed by atoms with E-state index >= 15 is 0 Å². The van der Waals surface area contributed by atoms with Gasteiger partial charge in [0.2, 0.25) is 10.0 Å². The number of rotatable bonds is 5. The molecule has 1 rings (SSSR count). The number of hydrogen-bond donors (Lipinski definition) is 3. The number of aliphatic hydroxyl groups is 1. The first-order valence-corrected chi connectivity index (χ1v) is 6.73. The molecule has 0 bridgehead atoms. The highest BCUT2D eigenvalue weighted by molar-refractivity contribution is 7.89. The molecule has 17 heavy (non-hydrogen) atoms. The Labute approximate surface area is 103 Å². The van der Waals surface area contributed by atoms with E-state index < -0.39 is 21.9 Å². The molecule has 0 amide bonds. The number of aliphatic hydroxyl groups excluding tert-OH is 1. The summed E-state index contributed by atoms with van der Waals surface area (Å²) in [5.74, 6) is -0.815. The van der Waals surface area contributed by atoms with Gasteiger partial charge in [-0.3, -0.25) is 0 Å². The lowest BCUT2D eigenvalue weighted by molar-refractivity contribution is 0.211. The first-order chi connectivity index (χ1) is 7.86. The van der Waals surface area contributed by atoms with Crippen molar-refractivity contribution in [3.63, 3.8) is 0 Å². The number of hydrogen-bond acceptors (Lipinski definition) is 4. The number of alkyl halides is 1. The second-order valence-corrected chi connectivity index (χ2v) is 5.19. The van der Waals surface area contributed by atoms with Crippen LogP contribution < -0.4 is 10.5 Å². The van der Waals surface area contributed by atoms with E-state index in [9.17, 15) is 17.9 Å². The highest BCUT2D eigenvalue weighted by atomic mass is 35.5. The molecule has 1 aromatic carbocycles. The van der Waals surface area contributed by atoms with Gasteiger partial charge in [0.05, 0.1) is 17.7 Å². The van der Waals surface area contributed by atoms with Gasteiger partial charge in [0, 0.05) is 6.54 Å². The number of halogens is 2. The van der Waals surface area contributed by atoms with E-state index in [1.807, 2.05) is 0 Å². The number of benzene rings is 1. The summed E-state index contributed by atoms with van der Waals surface area (Å²) in [6.07, 6.45) is -0.912. The summed E-state index contributed by atoms with van der Waals surface area (Å²) >= 11 is 5.36. The lowest BCUT2D eigenvalue weighted by Crippen LogP contribution is -2.23. The van der Waals surface area contributed by atoms with Crippen LogP contribution in [0.1, 0.15) is 0 Å². The molecule has 0 aliphatic rings. The molecule has 0 fully saturated rings. The summed E-state index contributed by atoms with van der Waals surface area (Å²) in [7, 11) is -4.03. The minimum Gasteiger partial charge on any atom is -0.390 e. The van der Waals surface area contributed by atoms with Crippen molar-refractivity contribution in [2.24, 2.45) is 5.14 Å². The van der Waals surface area contributed by atoms with Crippen molar-refractivity contribution in [2.75, 3.05) is 17.7 Å². The van der Waals surface area contributed by atoms with E-state index in [4.69, 9.17) is 16.7 Å². The quantitative estimate of drug-likeness (QED) is 0.685. The lowest BCUT2D eigenvalue weighted by atomic mass is 10.3. The predicted molar refractivity (Wildman–Crippen MR) is 63.0 cm³/mol. The Balaban J connectivity index is 3.05. The topological polar surface area (TPSA) is 92.4 Å². The fourth-order valence-corrected chi connectivity index (χ4v) is 2.02. The molecule has 0 saturated carbocycles. The van der Waals surface area contributed by atoms with Crippen molar-refractivity contribution in [1.29, 1.82) is 0 Å². The molecule has 0 heterocycles. The molecule has 8 heteroatoms. The SMILES string of the molecule is NS(=O)(=O)c1cccc(F)c1NCC(O)CCl. The average molecular weight is 283 g/mol. The number of sulfonamides is 1. The lowest BCUT2D eigenvalue weighted by Gasteiger charge is -2.13. The molecule has 0 aliphatic carbocycles. The van der Waals surface area contributed by atoms with E-state index in [1.165, 1.54) is 12.1 Å². The molecule has 1 aromatic rings. The summed E-state index contributed by atoms with van der Waals surface area (Å²) in [4.78, 5) is -0.362. The van der Waals surface area contributed by atoms with E-state index in [0.717, 1.165) is 6.07 Å². The Bertz CT molecular complexity index is 495. The van der Waals surface area contributed by atoms with Crippen molar-refractivity contribution in [3.05, 3.63) is 24.0 Å². The Morgan fingerprint density at radius 1 is 1.53 bits per heavy atom. The van der Waals surface area contributed by atoms with Gasteiger partial charge in [-0.05, 0) is 12.1 Å². The molecular weight excluding hydrogens is 271 g/mol. The summed E-state index contributed by atoms with van der Waals surface area (Å²) in [6.45, 7) is -0.0764. The van der Waals surface area contributed by atoms with Crippen LogP contribution in [0, 0.1) is 5.82 Å². The summed E-state index contributed by atoms with van der Waals surface area (Å²) in [5.41, 5.74) is -0.265. The van der Waals surface area contributed by atoms with Crippen LogP contribution in [0.4, 0.5) is 10.1 Å². The molecule has 0 saturated heterocycles. The van der Waals surface area contributed by atoms with Gasteiger partial charge >= 0.3 is 0 Å². The van der Waals surface area contributed by atoms with Crippen LogP contribution in [-0.2, 0) is 10.0 Å². The molecule has 0 spiro atoms. The van der Waals surface area contributed by atoms with Crippen LogP contribution in [-0.4, -0.2) is 32.1 Å². The molecule has 0 radical (unpaired) electrons. The number of nitrogens with two attached hydrogens (primary N) is 1. The standard InChI is InChI=1S/C9H12ClFN2O3S/c10-4-6(14)5-13-9-7(11)2-1-3-8(9)17(12,15)16/h1-3,6,13-14H,4-5H2,(H2,12,15,16). The first-order valence-electron chi connectivity index (χ1n) is 4.65. The monoisotopic (exact) mass is 282 g/mol. The summed E-state index contributed by atoms with van der Waals surface area (Å²) < 4.78 is 35.8. The van der Waals surface area contributed by atoms with E-state index in [2.05, 4.69) is 5.32 Å². The fraction of sp³-hybridized carbons (Fsp3) is 0.333. The zero-order chi connectivity index (χ0) is 13.1. The van der Waals surface area contributed by atoms with Gasteiger partial charge in [0.25, 0.3) is 0 Å². The molecule has 1 unspecified atom stereocenters. The van der Waals surface area contributed by atoms with Gasteiger partial charge in [-0.1, -0.05) is 6.07 Å². The van der Waals surface area contributed by atoms with Gasteiger partial charge in [0.1, 0.15) is 10.7 Å². The second-order valence-electron chi connectivity index (χ2n) is 3.35. The fourth-order valence-electron chi connectivity index (χ4n) is 1.19. The normalized spacial score (nSPS) is 13.4. The van der Waals surface area contributed by atoms with Gasteiger partial charge in [-0.15, -0.1) is 11.6 Å². The Morgan fingerprint density at radius 2 is 2.18 bits per heavy atom. The van der Waals surface area contributed by atoms with Gasteiger partial charge in [-0.2, -0.15) is 0 Å². The third-order valence-corrected chi connectivity index (χ3v) is 3.28. The molecule has 1 atom stereocenters. The zero-order valence-corrected chi connectivity index (χ0v) is 10.3. The molecule has 0 aliphatic heterocycles. The third kappa shape index (κ3) is 3.81. The Morgan fingerprint density at radius 3 is 2.71 bits per heavy atom. The van der Waals surface area contributed by atoms with E-state index in [1.54, 1.807) is 0 Å². The number of nitrogens with one attached hydrogen (secondary N) is 1. The maximum absolute atomic E-state index is 13.4. The van der Waals surface area contributed by atoms with Crippen LogP contribution in [0.5, 0.6) is 0 Å². The van der Waals surface area contributed by atoms with Crippen LogP contribution in [0.3, 0.4) is 0 Å². The first kappa shape index (κ1) is 14.2. The maximum Gasteiger partial charge on any atom is 0.240 e. The van der Waals surface area contributed by atoms with Crippen molar-refractivity contribution < 1.29 is 17.9 Å².